The first kappa shape index (κ1) is 20.5. The molecule has 3 heterocycles. The molecule has 0 saturated carbocycles. The van der Waals surface area contributed by atoms with Crippen LogP contribution < -0.4 is 10.6 Å². The average molecular weight is 453 g/mol. The molecule has 1 aromatic heterocycles. The van der Waals surface area contributed by atoms with Gasteiger partial charge in [0.25, 0.3) is 0 Å². The minimum absolute atomic E-state index is 0.447. The van der Waals surface area contributed by atoms with E-state index >= 15 is 0 Å². The van der Waals surface area contributed by atoms with Crippen molar-refractivity contribution in [2.24, 2.45) is 4.99 Å². The Morgan fingerprint density at radius 3 is 2.79 bits per heavy atom. The van der Waals surface area contributed by atoms with Gasteiger partial charge in [-0.15, -0.1) is 11.3 Å². The second-order valence-corrected chi connectivity index (χ2v) is 10.3. The normalized spacial score (nSPS) is 17.7. The van der Waals surface area contributed by atoms with Crippen molar-refractivity contribution in [2.75, 3.05) is 25.0 Å². The highest BCUT2D eigenvalue weighted by Crippen LogP contribution is 2.39. The molecule has 0 bridgehead atoms. The largest absolute Gasteiger partial charge is 0.353 e. The highest BCUT2D eigenvalue weighted by atomic mass is 32.1. The van der Waals surface area contributed by atoms with Gasteiger partial charge in [-0.2, -0.15) is 0 Å². The number of rotatable bonds is 3. The molecule has 6 rings (SSSR count). The SMILES string of the molecule is Cc1cc2c(s1)Nc1ccccc1N=C2N1CCNC(CCc2ccc3ccccc3c2)C1. The van der Waals surface area contributed by atoms with Gasteiger partial charge in [-0.1, -0.05) is 54.6 Å². The van der Waals surface area contributed by atoms with Crippen LogP contribution in [0.1, 0.15) is 22.4 Å². The number of amidine groups is 1. The fraction of sp³-hybridized carbons (Fsp3) is 0.250. The van der Waals surface area contributed by atoms with Crippen LogP contribution in [-0.2, 0) is 6.42 Å². The van der Waals surface area contributed by atoms with Crippen LogP contribution >= 0.6 is 11.3 Å². The molecule has 2 aliphatic rings. The Balaban J connectivity index is 1.23. The lowest BCUT2D eigenvalue weighted by Crippen LogP contribution is -2.52. The van der Waals surface area contributed by atoms with E-state index in [9.17, 15) is 0 Å². The summed E-state index contributed by atoms with van der Waals surface area (Å²) in [5.74, 6) is 1.10. The van der Waals surface area contributed by atoms with Crippen LogP contribution in [0, 0.1) is 6.92 Å². The number of fused-ring (bicyclic) bond motifs is 3. The molecule has 2 aliphatic heterocycles. The summed E-state index contributed by atoms with van der Waals surface area (Å²) in [6, 6.07) is 26.6. The quantitative estimate of drug-likeness (QED) is 0.386. The maximum absolute atomic E-state index is 5.16. The molecule has 1 saturated heterocycles. The van der Waals surface area contributed by atoms with Gasteiger partial charge >= 0.3 is 0 Å². The monoisotopic (exact) mass is 452 g/mol. The first-order valence-electron chi connectivity index (χ1n) is 11.7. The smallest absolute Gasteiger partial charge is 0.139 e. The molecule has 1 atom stereocenters. The maximum atomic E-state index is 5.16. The van der Waals surface area contributed by atoms with E-state index < -0.39 is 0 Å². The number of aliphatic imine (C=N–C) groups is 1. The van der Waals surface area contributed by atoms with Gasteiger partial charge in [-0.3, -0.25) is 0 Å². The summed E-state index contributed by atoms with van der Waals surface area (Å²) in [5.41, 5.74) is 4.73. The van der Waals surface area contributed by atoms with Crippen LogP contribution in [0.3, 0.4) is 0 Å². The zero-order valence-corrected chi connectivity index (χ0v) is 19.7. The van der Waals surface area contributed by atoms with Gasteiger partial charge in [0.15, 0.2) is 0 Å². The van der Waals surface area contributed by atoms with Gasteiger partial charge in [0.05, 0.1) is 16.9 Å². The molecule has 3 aromatic carbocycles. The molecule has 0 amide bonds. The number of para-hydroxylation sites is 2. The highest BCUT2D eigenvalue weighted by molar-refractivity contribution is 7.16. The lowest BCUT2D eigenvalue weighted by Gasteiger charge is -2.36. The Labute approximate surface area is 199 Å². The summed E-state index contributed by atoms with van der Waals surface area (Å²) in [7, 11) is 0. The average Bonchev–Trinajstić information content (AvgIpc) is 3.14. The molecule has 2 N–H and O–H groups in total. The number of hydrogen-bond donors (Lipinski definition) is 2. The third kappa shape index (κ3) is 4.14. The van der Waals surface area contributed by atoms with Crippen LogP contribution in [0.4, 0.5) is 16.4 Å². The van der Waals surface area contributed by atoms with Gasteiger partial charge in [0.2, 0.25) is 0 Å². The van der Waals surface area contributed by atoms with Crippen molar-refractivity contribution in [1.29, 1.82) is 0 Å². The first-order valence-corrected chi connectivity index (χ1v) is 12.6. The molecule has 0 spiro atoms. The molecular weight excluding hydrogens is 424 g/mol. The van der Waals surface area contributed by atoms with Crippen molar-refractivity contribution >= 4 is 44.3 Å². The summed E-state index contributed by atoms with van der Waals surface area (Å²) in [6.07, 6.45) is 2.20. The van der Waals surface area contributed by atoms with Gasteiger partial charge in [0.1, 0.15) is 10.8 Å². The highest BCUT2D eigenvalue weighted by Gasteiger charge is 2.27. The van der Waals surface area contributed by atoms with Crippen LogP contribution in [0.25, 0.3) is 10.8 Å². The predicted octanol–water partition coefficient (Wildman–Crippen LogP) is 6.25. The van der Waals surface area contributed by atoms with Gasteiger partial charge in [-0.05, 0) is 54.3 Å². The Hall–Kier alpha value is -3.15. The molecule has 1 unspecified atom stereocenters. The molecule has 4 nitrogen and oxygen atoms in total. The molecule has 1 fully saturated rings. The number of hydrogen-bond acceptors (Lipinski definition) is 5. The van der Waals surface area contributed by atoms with E-state index in [1.165, 1.54) is 31.8 Å². The number of aryl methyl sites for hydroxylation is 2. The fourth-order valence-electron chi connectivity index (χ4n) is 4.93. The summed E-state index contributed by atoms with van der Waals surface area (Å²) in [6.45, 7) is 5.11. The summed E-state index contributed by atoms with van der Waals surface area (Å²) < 4.78 is 0. The van der Waals surface area contributed by atoms with Crippen LogP contribution in [0.5, 0.6) is 0 Å². The molecule has 33 heavy (non-hydrogen) atoms. The lowest BCUT2D eigenvalue weighted by atomic mass is 10.0. The zero-order valence-electron chi connectivity index (χ0n) is 18.8. The molecule has 166 valence electrons. The standard InChI is InChI=1S/C28H28N4S/c1-19-16-24-27(30-25-8-4-5-9-26(25)31-28(24)33-19)32-15-14-29-23(18-32)13-11-20-10-12-21-6-2-3-7-22(21)17-20/h2-10,12,16-17,23,29,31H,11,13-15,18H2,1H3. The molecule has 5 heteroatoms. The van der Waals surface area contributed by atoms with E-state index in [2.05, 4.69) is 95.3 Å². The fourth-order valence-corrected chi connectivity index (χ4v) is 5.85. The van der Waals surface area contributed by atoms with Gasteiger partial charge in [-0.25, -0.2) is 4.99 Å². The number of nitrogens with zero attached hydrogens (tertiary/aromatic N) is 2. The summed E-state index contributed by atoms with van der Waals surface area (Å²) >= 11 is 1.81. The topological polar surface area (TPSA) is 39.7 Å². The van der Waals surface area contributed by atoms with Crippen LogP contribution in [-0.4, -0.2) is 36.4 Å². The summed E-state index contributed by atoms with van der Waals surface area (Å²) in [4.78, 5) is 8.95. The third-order valence-electron chi connectivity index (χ3n) is 6.63. The zero-order chi connectivity index (χ0) is 22.2. The Bertz CT molecular complexity index is 1340. The Morgan fingerprint density at radius 2 is 1.85 bits per heavy atom. The van der Waals surface area contributed by atoms with Crippen molar-refractivity contribution in [3.63, 3.8) is 0 Å². The molecule has 0 aliphatic carbocycles. The van der Waals surface area contributed by atoms with Crippen molar-refractivity contribution in [1.82, 2.24) is 10.2 Å². The minimum Gasteiger partial charge on any atom is -0.353 e. The number of anilines is 2. The van der Waals surface area contributed by atoms with Crippen LogP contribution in [0.15, 0.2) is 77.8 Å². The number of nitrogens with one attached hydrogen (secondary N) is 2. The van der Waals surface area contributed by atoms with Crippen molar-refractivity contribution < 1.29 is 0 Å². The maximum Gasteiger partial charge on any atom is 0.139 e. The van der Waals surface area contributed by atoms with Gasteiger partial charge in [0, 0.05) is 30.6 Å². The first-order chi connectivity index (χ1) is 16.2. The van der Waals surface area contributed by atoms with E-state index in [1.54, 1.807) is 0 Å². The van der Waals surface area contributed by atoms with E-state index in [0.717, 1.165) is 49.7 Å². The number of benzene rings is 3. The van der Waals surface area contributed by atoms with Crippen LogP contribution in [0.2, 0.25) is 0 Å². The second kappa shape index (κ2) is 8.65. The third-order valence-corrected chi connectivity index (χ3v) is 7.59. The lowest BCUT2D eigenvalue weighted by molar-refractivity contribution is 0.282. The van der Waals surface area contributed by atoms with E-state index in [-0.39, 0.29) is 0 Å². The predicted molar refractivity (Wildman–Crippen MR) is 141 cm³/mol. The van der Waals surface area contributed by atoms with Gasteiger partial charge < -0.3 is 15.5 Å². The molecule has 4 aromatic rings. The molecular formula is C28H28N4S. The Morgan fingerprint density at radius 1 is 1.00 bits per heavy atom. The van der Waals surface area contributed by atoms with E-state index in [0.29, 0.717) is 6.04 Å². The minimum atomic E-state index is 0.447. The van der Waals surface area contributed by atoms with E-state index in [4.69, 9.17) is 4.99 Å². The Kier molecular flexibility index (Phi) is 5.36. The molecule has 0 radical (unpaired) electrons. The van der Waals surface area contributed by atoms with Crippen molar-refractivity contribution in [2.45, 2.75) is 25.8 Å². The number of piperazine rings is 1. The second-order valence-electron chi connectivity index (χ2n) is 8.99. The van der Waals surface area contributed by atoms with Crippen molar-refractivity contribution in [3.05, 3.63) is 88.8 Å². The van der Waals surface area contributed by atoms with Crippen molar-refractivity contribution in [3.8, 4) is 0 Å². The van der Waals surface area contributed by atoms with E-state index in [1.807, 2.05) is 11.3 Å². The number of thiophene rings is 1. The summed E-state index contributed by atoms with van der Waals surface area (Å²) in [5, 5.41) is 11.2.